The van der Waals surface area contributed by atoms with E-state index in [1.54, 1.807) is 14.2 Å². The Morgan fingerprint density at radius 3 is 2.29 bits per heavy atom. The third-order valence-corrected chi connectivity index (χ3v) is 3.16. The SMILES string of the molecule is COC1(OC)CN(Cc2ccc(C#N)cc2)C1. The molecule has 4 heteroatoms. The van der Waals surface area contributed by atoms with Gasteiger partial charge in [0, 0.05) is 20.8 Å². The van der Waals surface area contributed by atoms with Gasteiger partial charge in [-0.1, -0.05) is 12.1 Å². The summed E-state index contributed by atoms with van der Waals surface area (Å²) in [4.78, 5) is 2.24. The fraction of sp³-hybridized carbons (Fsp3) is 0.462. The maximum atomic E-state index is 8.71. The van der Waals surface area contributed by atoms with Gasteiger partial charge in [-0.15, -0.1) is 0 Å². The number of benzene rings is 1. The minimum Gasteiger partial charge on any atom is -0.351 e. The lowest BCUT2D eigenvalue weighted by Crippen LogP contribution is -2.63. The van der Waals surface area contributed by atoms with E-state index in [0.717, 1.165) is 19.6 Å². The lowest BCUT2D eigenvalue weighted by molar-refractivity contribution is -0.277. The van der Waals surface area contributed by atoms with Gasteiger partial charge < -0.3 is 9.47 Å². The number of hydrogen-bond donors (Lipinski definition) is 0. The molecule has 4 nitrogen and oxygen atoms in total. The largest absolute Gasteiger partial charge is 0.351 e. The number of nitrogens with zero attached hydrogens (tertiary/aromatic N) is 2. The van der Waals surface area contributed by atoms with Crippen molar-refractivity contribution in [2.24, 2.45) is 0 Å². The van der Waals surface area contributed by atoms with Crippen molar-refractivity contribution < 1.29 is 9.47 Å². The highest BCUT2D eigenvalue weighted by Crippen LogP contribution is 2.26. The van der Waals surface area contributed by atoms with Crippen LogP contribution in [0.4, 0.5) is 0 Å². The van der Waals surface area contributed by atoms with E-state index in [9.17, 15) is 0 Å². The summed E-state index contributed by atoms with van der Waals surface area (Å²) in [7, 11) is 3.34. The summed E-state index contributed by atoms with van der Waals surface area (Å²) in [6.45, 7) is 2.42. The normalized spacial score (nSPS) is 18.4. The minimum atomic E-state index is -0.424. The van der Waals surface area contributed by atoms with Gasteiger partial charge >= 0.3 is 0 Å². The van der Waals surface area contributed by atoms with E-state index >= 15 is 0 Å². The summed E-state index contributed by atoms with van der Waals surface area (Å²) in [6.07, 6.45) is 0. The Bertz CT molecular complexity index is 410. The van der Waals surface area contributed by atoms with Crippen molar-refractivity contribution in [3.05, 3.63) is 35.4 Å². The van der Waals surface area contributed by atoms with Gasteiger partial charge in [0.25, 0.3) is 0 Å². The second-order valence-corrected chi connectivity index (χ2v) is 4.27. The summed E-state index contributed by atoms with van der Waals surface area (Å²) in [5.74, 6) is -0.424. The van der Waals surface area contributed by atoms with Gasteiger partial charge in [-0.25, -0.2) is 0 Å². The van der Waals surface area contributed by atoms with Crippen LogP contribution < -0.4 is 0 Å². The Morgan fingerprint density at radius 2 is 1.82 bits per heavy atom. The van der Waals surface area contributed by atoms with Crippen molar-refractivity contribution >= 4 is 0 Å². The van der Waals surface area contributed by atoms with Crippen LogP contribution in [0, 0.1) is 11.3 Å². The van der Waals surface area contributed by atoms with E-state index in [1.165, 1.54) is 5.56 Å². The molecule has 90 valence electrons. The molecule has 0 bridgehead atoms. The molecule has 0 amide bonds. The van der Waals surface area contributed by atoms with Crippen LogP contribution in [-0.2, 0) is 16.0 Å². The Kier molecular flexibility index (Phi) is 3.43. The zero-order valence-electron chi connectivity index (χ0n) is 10.1. The maximum absolute atomic E-state index is 8.71. The molecule has 0 aliphatic carbocycles. The molecule has 17 heavy (non-hydrogen) atoms. The first kappa shape index (κ1) is 12.1. The van der Waals surface area contributed by atoms with Crippen LogP contribution in [0.3, 0.4) is 0 Å². The molecule has 0 unspecified atom stereocenters. The molecule has 1 fully saturated rings. The standard InChI is InChI=1S/C13H16N2O2/c1-16-13(17-2)9-15(10-13)8-12-5-3-11(7-14)4-6-12/h3-6H,8-10H2,1-2H3. The van der Waals surface area contributed by atoms with Crippen LogP contribution in [0.25, 0.3) is 0 Å². The molecule has 0 N–H and O–H groups in total. The second-order valence-electron chi connectivity index (χ2n) is 4.27. The Hall–Kier alpha value is -1.41. The fourth-order valence-corrected chi connectivity index (χ4v) is 2.03. The smallest absolute Gasteiger partial charge is 0.193 e. The van der Waals surface area contributed by atoms with Crippen molar-refractivity contribution in [3.8, 4) is 6.07 Å². The molecule has 0 atom stereocenters. The molecule has 1 saturated heterocycles. The molecule has 0 spiro atoms. The van der Waals surface area contributed by atoms with E-state index in [0.29, 0.717) is 5.56 Å². The predicted molar refractivity (Wildman–Crippen MR) is 63.2 cm³/mol. The van der Waals surface area contributed by atoms with E-state index in [1.807, 2.05) is 24.3 Å². The summed E-state index contributed by atoms with van der Waals surface area (Å²) in [6, 6.07) is 9.77. The number of rotatable bonds is 4. The summed E-state index contributed by atoms with van der Waals surface area (Å²) in [5, 5.41) is 8.71. The quantitative estimate of drug-likeness (QED) is 0.735. The highest BCUT2D eigenvalue weighted by molar-refractivity contribution is 5.31. The van der Waals surface area contributed by atoms with Crippen molar-refractivity contribution in [2.75, 3.05) is 27.3 Å². The molecule has 1 aromatic rings. The van der Waals surface area contributed by atoms with Crippen LogP contribution in [0.2, 0.25) is 0 Å². The van der Waals surface area contributed by atoms with Crippen LogP contribution >= 0.6 is 0 Å². The van der Waals surface area contributed by atoms with Crippen LogP contribution in [0.5, 0.6) is 0 Å². The van der Waals surface area contributed by atoms with E-state index in [-0.39, 0.29) is 0 Å². The van der Waals surface area contributed by atoms with Crippen molar-refractivity contribution in [1.82, 2.24) is 4.90 Å². The first-order chi connectivity index (χ1) is 8.21. The fourth-order valence-electron chi connectivity index (χ4n) is 2.03. The molecule has 1 heterocycles. The zero-order valence-corrected chi connectivity index (χ0v) is 10.1. The van der Waals surface area contributed by atoms with Crippen molar-refractivity contribution in [2.45, 2.75) is 12.3 Å². The maximum Gasteiger partial charge on any atom is 0.193 e. The van der Waals surface area contributed by atoms with Gasteiger partial charge in [0.05, 0.1) is 24.7 Å². The monoisotopic (exact) mass is 232 g/mol. The molecule has 0 saturated carbocycles. The van der Waals surface area contributed by atoms with Gasteiger partial charge in [0.15, 0.2) is 5.79 Å². The lowest BCUT2D eigenvalue weighted by Gasteiger charge is -2.47. The van der Waals surface area contributed by atoms with Gasteiger partial charge in [0.2, 0.25) is 0 Å². The van der Waals surface area contributed by atoms with Gasteiger partial charge in [-0.05, 0) is 17.7 Å². The average Bonchev–Trinajstić information content (AvgIpc) is 2.34. The molecule has 1 aliphatic rings. The number of methoxy groups -OCH3 is 2. The number of nitriles is 1. The molecule has 2 rings (SSSR count). The average molecular weight is 232 g/mol. The van der Waals surface area contributed by atoms with E-state index in [4.69, 9.17) is 14.7 Å². The first-order valence-corrected chi connectivity index (χ1v) is 5.53. The van der Waals surface area contributed by atoms with Gasteiger partial charge in [0.1, 0.15) is 0 Å². The predicted octanol–water partition coefficient (Wildman–Crippen LogP) is 1.36. The zero-order chi connectivity index (χ0) is 12.3. The van der Waals surface area contributed by atoms with E-state index < -0.39 is 5.79 Å². The highest BCUT2D eigenvalue weighted by atomic mass is 16.7. The lowest BCUT2D eigenvalue weighted by atomic mass is 10.1. The Balaban J connectivity index is 1.89. The minimum absolute atomic E-state index is 0.424. The molecule has 0 aromatic heterocycles. The molecular weight excluding hydrogens is 216 g/mol. The summed E-state index contributed by atoms with van der Waals surface area (Å²) in [5.41, 5.74) is 1.89. The molecule has 0 radical (unpaired) electrons. The number of likely N-dealkylation sites (tertiary alicyclic amines) is 1. The summed E-state index contributed by atoms with van der Waals surface area (Å²) >= 11 is 0. The highest BCUT2D eigenvalue weighted by Gasteiger charge is 2.43. The first-order valence-electron chi connectivity index (χ1n) is 5.53. The second kappa shape index (κ2) is 4.84. The Morgan fingerprint density at radius 1 is 1.24 bits per heavy atom. The number of ether oxygens (including phenoxy) is 2. The third-order valence-electron chi connectivity index (χ3n) is 3.16. The van der Waals surface area contributed by atoms with Crippen LogP contribution in [-0.4, -0.2) is 38.0 Å². The van der Waals surface area contributed by atoms with Crippen molar-refractivity contribution in [1.29, 1.82) is 5.26 Å². The molecule has 1 aromatic carbocycles. The van der Waals surface area contributed by atoms with E-state index in [2.05, 4.69) is 11.0 Å². The Labute approximate surface area is 101 Å². The van der Waals surface area contributed by atoms with Crippen molar-refractivity contribution in [3.63, 3.8) is 0 Å². The summed E-state index contributed by atoms with van der Waals surface area (Å²) < 4.78 is 10.6. The van der Waals surface area contributed by atoms with Gasteiger partial charge in [-0.3, -0.25) is 4.90 Å². The van der Waals surface area contributed by atoms with Crippen LogP contribution in [0.15, 0.2) is 24.3 Å². The van der Waals surface area contributed by atoms with Gasteiger partial charge in [-0.2, -0.15) is 5.26 Å². The number of hydrogen-bond acceptors (Lipinski definition) is 4. The third kappa shape index (κ3) is 2.47. The molecular formula is C13H16N2O2. The molecule has 1 aliphatic heterocycles. The topological polar surface area (TPSA) is 45.5 Å². The van der Waals surface area contributed by atoms with Crippen LogP contribution in [0.1, 0.15) is 11.1 Å².